The average Bonchev–Trinajstić information content (AvgIpc) is 3.03. The summed E-state index contributed by atoms with van der Waals surface area (Å²) in [4.78, 5) is 30.9. The molecule has 0 bridgehead atoms. The fourth-order valence-electron chi connectivity index (χ4n) is 5.37. The maximum Gasteiger partial charge on any atom is 2.00 e. The SMILES string of the molecule is CCCCCC(=Nc1cc(C)cc(C)c1)C(CC)=Nc1cc(C)cc(C)c1.Cc1ccc(O)c(O)c1C(=O)[O-].Cc1ccc(O)c(O)c1C(=O)[O-].[Ni+2]. The fraction of sp³-hybridized carbons (Fsp3) is 0.317. The van der Waals surface area contributed by atoms with Crippen LogP contribution in [0.4, 0.5) is 11.4 Å². The van der Waals surface area contributed by atoms with Crippen molar-refractivity contribution in [2.75, 3.05) is 0 Å². The number of carbonyl (C=O) groups excluding carboxylic acids is 2. The zero-order valence-corrected chi connectivity index (χ0v) is 31.9. The molecule has 0 amide bonds. The Hall–Kier alpha value is -5.15. The summed E-state index contributed by atoms with van der Waals surface area (Å²) in [6.45, 7) is 15.9. The first-order chi connectivity index (χ1) is 24.0. The van der Waals surface area contributed by atoms with Gasteiger partial charge in [0.2, 0.25) is 0 Å². The predicted molar refractivity (Wildman–Crippen MR) is 198 cm³/mol. The van der Waals surface area contributed by atoms with Gasteiger partial charge in [0.15, 0.2) is 23.0 Å². The molecule has 11 heteroatoms. The van der Waals surface area contributed by atoms with Crippen LogP contribution in [-0.2, 0) is 16.5 Å². The monoisotopic (exact) mass is 754 g/mol. The smallest absolute Gasteiger partial charge is 0.545 e. The third kappa shape index (κ3) is 13.5. The predicted octanol–water partition coefficient (Wildman–Crippen LogP) is 7.29. The number of aromatic hydroxyl groups is 4. The van der Waals surface area contributed by atoms with Gasteiger partial charge in [-0.05, 0) is 131 Å². The Balaban J connectivity index is 0.000000447. The molecule has 0 fully saturated rings. The van der Waals surface area contributed by atoms with Gasteiger partial charge in [0.25, 0.3) is 0 Å². The van der Waals surface area contributed by atoms with Crippen LogP contribution >= 0.6 is 0 Å². The molecule has 4 rings (SSSR count). The van der Waals surface area contributed by atoms with E-state index in [1.54, 1.807) is 0 Å². The molecular formula is C41H48N2NiO8. The molecule has 52 heavy (non-hydrogen) atoms. The number of benzene rings is 4. The third-order valence-corrected chi connectivity index (χ3v) is 7.76. The number of carboxylic acids is 2. The van der Waals surface area contributed by atoms with Gasteiger partial charge in [-0.15, -0.1) is 0 Å². The second-order valence-corrected chi connectivity index (χ2v) is 12.4. The fourth-order valence-corrected chi connectivity index (χ4v) is 5.37. The zero-order chi connectivity index (χ0) is 38.4. The van der Waals surface area contributed by atoms with Crippen molar-refractivity contribution in [3.05, 3.63) is 105 Å². The molecule has 0 heterocycles. The molecule has 280 valence electrons. The number of nitrogens with zero attached hydrogens (tertiary/aromatic N) is 2. The molecule has 4 aromatic carbocycles. The van der Waals surface area contributed by atoms with Crippen LogP contribution in [0.3, 0.4) is 0 Å². The van der Waals surface area contributed by atoms with E-state index in [9.17, 15) is 19.8 Å². The molecule has 0 aliphatic heterocycles. The van der Waals surface area contributed by atoms with Crippen molar-refractivity contribution in [3.8, 4) is 23.0 Å². The minimum Gasteiger partial charge on any atom is -0.545 e. The Morgan fingerprint density at radius 2 is 0.942 bits per heavy atom. The number of hydrogen-bond donors (Lipinski definition) is 4. The summed E-state index contributed by atoms with van der Waals surface area (Å²) in [5.74, 6) is -5.20. The summed E-state index contributed by atoms with van der Waals surface area (Å²) >= 11 is 0. The number of aryl methyl sites for hydroxylation is 6. The Kier molecular flexibility index (Phi) is 18.4. The maximum atomic E-state index is 10.4. The summed E-state index contributed by atoms with van der Waals surface area (Å²) in [6.07, 6.45) is 5.48. The van der Waals surface area contributed by atoms with Gasteiger partial charge in [0, 0.05) is 11.1 Å². The van der Waals surface area contributed by atoms with Crippen LogP contribution in [0.15, 0.2) is 70.6 Å². The van der Waals surface area contributed by atoms with E-state index < -0.39 is 34.9 Å². The van der Waals surface area contributed by atoms with E-state index in [1.165, 1.54) is 73.2 Å². The zero-order valence-electron chi connectivity index (χ0n) is 30.9. The maximum absolute atomic E-state index is 10.4. The van der Waals surface area contributed by atoms with E-state index in [1.807, 2.05) is 0 Å². The molecule has 0 aliphatic rings. The number of hydrogen-bond acceptors (Lipinski definition) is 10. The number of rotatable bonds is 10. The van der Waals surface area contributed by atoms with Crippen molar-refractivity contribution >= 4 is 34.7 Å². The molecule has 4 N–H and O–H groups in total. The molecule has 10 nitrogen and oxygen atoms in total. The molecular weight excluding hydrogens is 707 g/mol. The topological polar surface area (TPSA) is 186 Å². The van der Waals surface area contributed by atoms with E-state index in [0.29, 0.717) is 11.1 Å². The number of aliphatic imine (C=N–C) groups is 2. The first kappa shape index (κ1) is 44.9. The molecule has 0 unspecified atom stereocenters. The van der Waals surface area contributed by atoms with Crippen LogP contribution in [0.2, 0.25) is 0 Å². The summed E-state index contributed by atoms with van der Waals surface area (Å²) < 4.78 is 0. The third-order valence-electron chi connectivity index (χ3n) is 7.76. The molecule has 0 saturated carbocycles. The molecule has 0 saturated heterocycles. The summed E-state index contributed by atoms with van der Waals surface area (Å²) in [6, 6.07) is 18.2. The summed E-state index contributed by atoms with van der Waals surface area (Å²) in [7, 11) is 0. The number of phenols is 4. The van der Waals surface area contributed by atoms with Crippen molar-refractivity contribution in [3.63, 3.8) is 0 Å². The van der Waals surface area contributed by atoms with Gasteiger partial charge in [-0.2, -0.15) is 0 Å². The van der Waals surface area contributed by atoms with Gasteiger partial charge >= 0.3 is 16.5 Å². The minimum absolute atomic E-state index is 0. The Morgan fingerprint density at radius 3 is 1.25 bits per heavy atom. The van der Waals surface area contributed by atoms with Crippen molar-refractivity contribution in [2.24, 2.45) is 9.98 Å². The second-order valence-electron chi connectivity index (χ2n) is 12.4. The molecule has 0 radical (unpaired) electrons. The summed E-state index contributed by atoms with van der Waals surface area (Å²) in [5.41, 5.74) is 9.31. The number of carboxylic acid groups (broad SMARTS) is 2. The Morgan fingerprint density at radius 1 is 0.577 bits per heavy atom. The van der Waals surface area contributed by atoms with Crippen LogP contribution < -0.4 is 10.2 Å². The molecule has 4 aromatic rings. The number of aromatic carboxylic acids is 2. The first-order valence-electron chi connectivity index (χ1n) is 16.8. The number of unbranched alkanes of at least 4 members (excludes halogenated alkanes) is 2. The number of carbonyl (C=O) groups is 2. The van der Waals surface area contributed by atoms with E-state index in [2.05, 4.69) is 77.9 Å². The largest absolute Gasteiger partial charge is 2.00 e. The van der Waals surface area contributed by atoms with Gasteiger partial charge in [0.1, 0.15) is 0 Å². The Labute approximate surface area is 316 Å². The van der Waals surface area contributed by atoms with Crippen molar-refractivity contribution < 1.29 is 56.7 Å². The van der Waals surface area contributed by atoms with Gasteiger partial charge < -0.3 is 40.2 Å². The van der Waals surface area contributed by atoms with Crippen LogP contribution in [-0.4, -0.2) is 43.8 Å². The van der Waals surface area contributed by atoms with Crippen LogP contribution in [0.25, 0.3) is 0 Å². The van der Waals surface area contributed by atoms with Gasteiger partial charge in [-0.3, -0.25) is 9.98 Å². The van der Waals surface area contributed by atoms with Gasteiger partial charge in [0.05, 0.1) is 34.7 Å². The molecule has 0 spiro atoms. The van der Waals surface area contributed by atoms with Crippen molar-refractivity contribution in [1.29, 1.82) is 0 Å². The van der Waals surface area contributed by atoms with Gasteiger partial charge in [-0.1, -0.05) is 51.0 Å². The van der Waals surface area contributed by atoms with Crippen LogP contribution in [0.1, 0.15) is 100 Å². The van der Waals surface area contributed by atoms with E-state index in [-0.39, 0.29) is 27.6 Å². The number of phenolic OH excluding ortho intramolecular Hbond substituents is 2. The van der Waals surface area contributed by atoms with Crippen molar-refractivity contribution in [1.82, 2.24) is 0 Å². The molecule has 0 aromatic heterocycles. The normalized spacial score (nSPS) is 11.0. The second kappa shape index (κ2) is 21.3. The first-order valence-corrected chi connectivity index (χ1v) is 16.8. The van der Waals surface area contributed by atoms with Crippen molar-refractivity contribution in [2.45, 2.75) is 87.5 Å². The average molecular weight is 756 g/mol. The molecule has 0 atom stereocenters. The molecule has 0 aliphatic carbocycles. The quantitative estimate of drug-likeness (QED) is 0.0562. The van der Waals surface area contributed by atoms with E-state index >= 15 is 0 Å². The van der Waals surface area contributed by atoms with Gasteiger partial charge in [-0.25, -0.2) is 0 Å². The van der Waals surface area contributed by atoms with Crippen LogP contribution in [0, 0.1) is 41.5 Å². The minimum atomic E-state index is -1.50. The Bertz CT molecular complexity index is 1810. The van der Waals surface area contributed by atoms with E-state index in [4.69, 9.17) is 30.4 Å². The van der Waals surface area contributed by atoms with Crippen LogP contribution in [0.5, 0.6) is 23.0 Å². The van der Waals surface area contributed by atoms with E-state index in [0.717, 1.165) is 42.1 Å². The summed E-state index contributed by atoms with van der Waals surface area (Å²) in [5, 5.41) is 56.8. The standard InChI is InChI=1S/C25H34N2.2C8H8O4.Ni/c1-7-9-10-11-25(27-23-16-20(5)13-21(6)17-23)24(8-2)26-22-14-18(3)12-19(4)15-22;2*1-4-2-3-5(9)7(10)6(4)8(11)12;/h12-17H,7-11H2,1-6H3;2*2-3,9-10H,1H3,(H,11,12);/q;;;+2/p-2.